The van der Waals surface area contributed by atoms with Gasteiger partial charge >= 0.3 is 6.18 Å². The SMILES string of the molecule is O=C1NN(c2ccc(Cl)c(C(F)(F)F)c2)C(=O)[C@H]2CCCC[C@@H]12. The average Bonchev–Trinajstić information content (AvgIpc) is 2.50. The van der Waals surface area contributed by atoms with Crippen LogP contribution in [0.15, 0.2) is 18.2 Å². The van der Waals surface area contributed by atoms with Crippen molar-refractivity contribution in [1.82, 2.24) is 5.43 Å². The minimum Gasteiger partial charge on any atom is -0.273 e. The summed E-state index contributed by atoms with van der Waals surface area (Å²) in [6, 6.07) is 3.15. The highest BCUT2D eigenvalue weighted by Gasteiger charge is 2.44. The number of carbonyl (C=O) groups is 2. The van der Waals surface area contributed by atoms with Crippen LogP contribution in [-0.4, -0.2) is 11.8 Å². The van der Waals surface area contributed by atoms with E-state index >= 15 is 0 Å². The summed E-state index contributed by atoms with van der Waals surface area (Å²) < 4.78 is 38.9. The molecule has 1 N–H and O–H groups in total. The fourth-order valence-electron chi connectivity index (χ4n) is 3.22. The van der Waals surface area contributed by atoms with Gasteiger partial charge in [-0.3, -0.25) is 15.0 Å². The third kappa shape index (κ3) is 2.89. The lowest BCUT2D eigenvalue weighted by molar-refractivity contribution is -0.141. The molecule has 3 rings (SSSR count). The third-order valence-corrected chi connectivity index (χ3v) is 4.71. The van der Waals surface area contributed by atoms with Gasteiger partial charge in [0.25, 0.3) is 0 Å². The third-order valence-electron chi connectivity index (χ3n) is 4.38. The summed E-state index contributed by atoms with van der Waals surface area (Å²) in [5.74, 6) is -1.55. The molecular weight excluding hydrogens is 333 g/mol. The molecule has 2 atom stereocenters. The summed E-state index contributed by atoms with van der Waals surface area (Å²) >= 11 is 5.58. The molecule has 0 spiro atoms. The lowest BCUT2D eigenvalue weighted by Gasteiger charge is -2.39. The first-order valence-electron chi connectivity index (χ1n) is 7.30. The minimum absolute atomic E-state index is 0.0379. The van der Waals surface area contributed by atoms with Gasteiger partial charge in [-0.2, -0.15) is 13.2 Å². The normalized spacial score (nSPS) is 25.1. The van der Waals surface area contributed by atoms with Crippen LogP contribution in [-0.2, 0) is 15.8 Å². The molecule has 4 nitrogen and oxygen atoms in total. The number of halogens is 4. The molecule has 1 saturated heterocycles. The number of nitrogens with one attached hydrogen (secondary N) is 1. The van der Waals surface area contributed by atoms with Crippen LogP contribution in [0.3, 0.4) is 0 Å². The number of anilines is 1. The van der Waals surface area contributed by atoms with Crippen molar-refractivity contribution in [1.29, 1.82) is 0 Å². The van der Waals surface area contributed by atoms with Gasteiger partial charge in [-0.05, 0) is 31.0 Å². The predicted octanol–water partition coefficient (Wildman–Crippen LogP) is 3.54. The monoisotopic (exact) mass is 346 g/mol. The van der Waals surface area contributed by atoms with Gasteiger partial charge in [0.15, 0.2) is 0 Å². The Labute approximate surface area is 135 Å². The molecule has 1 aromatic carbocycles. The predicted molar refractivity (Wildman–Crippen MR) is 77.5 cm³/mol. The number of rotatable bonds is 1. The number of alkyl halides is 3. The van der Waals surface area contributed by atoms with Gasteiger partial charge < -0.3 is 0 Å². The van der Waals surface area contributed by atoms with Crippen LogP contribution in [0.5, 0.6) is 0 Å². The Morgan fingerprint density at radius 2 is 1.78 bits per heavy atom. The smallest absolute Gasteiger partial charge is 0.273 e. The number of benzene rings is 1. The number of carbonyl (C=O) groups excluding carboxylic acids is 2. The summed E-state index contributed by atoms with van der Waals surface area (Å²) in [6.07, 6.45) is -1.72. The van der Waals surface area contributed by atoms with Gasteiger partial charge in [0, 0.05) is 0 Å². The topological polar surface area (TPSA) is 49.4 Å². The molecule has 2 aliphatic rings. The van der Waals surface area contributed by atoms with Gasteiger partial charge in [0.1, 0.15) is 0 Å². The molecule has 0 unspecified atom stereocenters. The highest BCUT2D eigenvalue weighted by molar-refractivity contribution is 6.31. The summed E-state index contributed by atoms with van der Waals surface area (Å²) in [7, 11) is 0. The first-order valence-corrected chi connectivity index (χ1v) is 7.68. The van der Waals surface area contributed by atoms with Crippen molar-refractivity contribution in [2.24, 2.45) is 11.8 Å². The summed E-state index contributed by atoms with van der Waals surface area (Å²) in [4.78, 5) is 24.7. The van der Waals surface area contributed by atoms with Gasteiger partial charge in [-0.25, -0.2) is 5.01 Å². The number of nitrogens with zero attached hydrogens (tertiary/aromatic N) is 1. The van der Waals surface area contributed by atoms with Crippen LogP contribution in [0.25, 0.3) is 0 Å². The van der Waals surface area contributed by atoms with Crippen LogP contribution in [0.4, 0.5) is 18.9 Å². The van der Waals surface area contributed by atoms with Gasteiger partial charge in [-0.1, -0.05) is 24.4 Å². The zero-order valence-electron chi connectivity index (χ0n) is 12.0. The number of hydrazine groups is 1. The molecule has 1 aromatic rings. The van der Waals surface area contributed by atoms with Crippen LogP contribution in [0, 0.1) is 11.8 Å². The van der Waals surface area contributed by atoms with E-state index in [4.69, 9.17) is 11.6 Å². The standard InChI is InChI=1S/C15H14ClF3N2O2/c16-12-6-5-8(7-11(12)15(17,18)19)21-14(23)10-4-2-1-3-9(10)13(22)20-21/h5-7,9-10H,1-4H2,(H,20,22)/t9-,10+/m1/s1. The van der Waals surface area contributed by atoms with Crippen LogP contribution in [0.1, 0.15) is 31.2 Å². The molecule has 8 heteroatoms. The molecule has 1 aliphatic heterocycles. The molecule has 1 saturated carbocycles. The quantitative estimate of drug-likeness (QED) is 0.845. The molecule has 0 aromatic heterocycles. The van der Waals surface area contributed by atoms with Crippen LogP contribution in [0.2, 0.25) is 5.02 Å². The van der Waals surface area contributed by atoms with Crippen LogP contribution >= 0.6 is 11.6 Å². The molecule has 1 aliphatic carbocycles. The number of hydrogen-bond acceptors (Lipinski definition) is 2. The maximum atomic E-state index is 13.0. The van der Waals surface area contributed by atoms with Crippen molar-refractivity contribution in [3.05, 3.63) is 28.8 Å². The first-order chi connectivity index (χ1) is 10.8. The number of fused-ring (bicyclic) bond motifs is 1. The van der Waals surface area contributed by atoms with E-state index in [1.54, 1.807) is 0 Å². The van der Waals surface area contributed by atoms with E-state index in [1.165, 1.54) is 6.07 Å². The van der Waals surface area contributed by atoms with Crippen molar-refractivity contribution in [2.45, 2.75) is 31.9 Å². The summed E-state index contributed by atoms with van der Waals surface area (Å²) in [5.41, 5.74) is 1.34. The van der Waals surface area contributed by atoms with Crippen molar-refractivity contribution < 1.29 is 22.8 Å². The highest BCUT2D eigenvalue weighted by atomic mass is 35.5. The van der Waals surface area contributed by atoms with E-state index in [9.17, 15) is 22.8 Å². The molecule has 124 valence electrons. The number of hydrogen-bond donors (Lipinski definition) is 1. The zero-order valence-corrected chi connectivity index (χ0v) is 12.7. The second kappa shape index (κ2) is 5.70. The first kappa shape index (κ1) is 16.1. The van der Waals surface area contributed by atoms with E-state index in [0.29, 0.717) is 12.8 Å². The number of amides is 2. The van der Waals surface area contributed by atoms with E-state index in [1.807, 2.05) is 0 Å². The molecule has 23 heavy (non-hydrogen) atoms. The molecule has 0 radical (unpaired) electrons. The molecule has 1 heterocycles. The van der Waals surface area contributed by atoms with Crippen molar-refractivity contribution in [3.8, 4) is 0 Å². The van der Waals surface area contributed by atoms with Crippen molar-refractivity contribution >= 4 is 29.1 Å². The maximum Gasteiger partial charge on any atom is 0.417 e. The Morgan fingerprint density at radius 1 is 1.13 bits per heavy atom. The maximum absolute atomic E-state index is 13.0. The fourth-order valence-corrected chi connectivity index (χ4v) is 3.44. The molecular formula is C15H14ClF3N2O2. The van der Waals surface area contributed by atoms with Gasteiger partial charge in [0.2, 0.25) is 11.8 Å². The second-order valence-electron chi connectivity index (χ2n) is 5.81. The fraction of sp³-hybridized carbons (Fsp3) is 0.467. The van der Waals surface area contributed by atoms with E-state index < -0.39 is 22.7 Å². The Morgan fingerprint density at radius 3 is 2.43 bits per heavy atom. The van der Waals surface area contributed by atoms with Crippen molar-refractivity contribution in [2.75, 3.05) is 5.01 Å². The lowest BCUT2D eigenvalue weighted by atomic mass is 9.77. The van der Waals surface area contributed by atoms with Crippen molar-refractivity contribution in [3.63, 3.8) is 0 Å². The highest BCUT2D eigenvalue weighted by Crippen LogP contribution is 2.39. The minimum atomic E-state index is -4.64. The summed E-state index contributed by atoms with van der Waals surface area (Å²) in [5, 5.41) is 0.466. The second-order valence-corrected chi connectivity index (χ2v) is 6.22. The Balaban J connectivity index is 1.95. The molecule has 2 amide bonds. The average molecular weight is 347 g/mol. The lowest BCUT2D eigenvalue weighted by Crippen LogP contribution is -2.59. The van der Waals surface area contributed by atoms with E-state index in [2.05, 4.69) is 5.43 Å². The van der Waals surface area contributed by atoms with Crippen LogP contribution < -0.4 is 10.4 Å². The summed E-state index contributed by atoms with van der Waals surface area (Å²) in [6.45, 7) is 0. The Bertz CT molecular complexity index is 663. The Kier molecular flexibility index (Phi) is 4.00. The largest absolute Gasteiger partial charge is 0.417 e. The molecule has 2 fully saturated rings. The molecule has 0 bridgehead atoms. The Hall–Kier alpha value is -1.76. The van der Waals surface area contributed by atoms with Gasteiger partial charge in [-0.15, -0.1) is 0 Å². The van der Waals surface area contributed by atoms with E-state index in [-0.39, 0.29) is 23.4 Å². The van der Waals surface area contributed by atoms with E-state index in [0.717, 1.165) is 30.0 Å². The zero-order chi connectivity index (χ0) is 16.8. The van der Waals surface area contributed by atoms with Gasteiger partial charge in [0.05, 0.1) is 28.1 Å².